The zero-order valence-corrected chi connectivity index (χ0v) is 10.8. The van der Waals surface area contributed by atoms with Crippen LogP contribution in [0.4, 0.5) is 11.8 Å². The molecule has 2 rings (SSSR count). The standard InChI is InChI=1S/C10H12ClN5S/c1-6-15-7(5-17-6)2-3-13-9-8(11)4-14-10(12)16-9/h4-5H,2-3H2,1H3,(H3,12,13,14,16). The maximum absolute atomic E-state index is 5.93. The van der Waals surface area contributed by atoms with Gasteiger partial charge in [0.2, 0.25) is 5.95 Å². The quantitative estimate of drug-likeness (QED) is 0.889. The number of nitrogen functional groups attached to an aromatic ring is 1. The Morgan fingerprint density at radius 3 is 3.00 bits per heavy atom. The smallest absolute Gasteiger partial charge is 0.222 e. The summed E-state index contributed by atoms with van der Waals surface area (Å²) < 4.78 is 0. The highest BCUT2D eigenvalue weighted by atomic mass is 35.5. The van der Waals surface area contributed by atoms with Gasteiger partial charge in [0.1, 0.15) is 10.8 Å². The Kier molecular flexibility index (Phi) is 3.75. The largest absolute Gasteiger partial charge is 0.368 e. The van der Waals surface area contributed by atoms with E-state index in [1.807, 2.05) is 12.3 Å². The number of nitrogens with one attached hydrogen (secondary N) is 1. The first-order valence-corrected chi connectivity index (χ1v) is 6.34. The third-order valence-corrected chi connectivity index (χ3v) is 3.20. The normalized spacial score (nSPS) is 10.5. The molecule has 2 aromatic heterocycles. The van der Waals surface area contributed by atoms with Crippen LogP contribution in [0.3, 0.4) is 0 Å². The lowest BCUT2D eigenvalue weighted by atomic mass is 10.3. The van der Waals surface area contributed by atoms with Crippen molar-refractivity contribution in [2.75, 3.05) is 17.6 Å². The van der Waals surface area contributed by atoms with Gasteiger partial charge in [-0.3, -0.25) is 0 Å². The first-order chi connectivity index (χ1) is 8.15. The molecule has 0 saturated carbocycles. The van der Waals surface area contributed by atoms with Crippen molar-refractivity contribution in [2.24, 2.45) is 0 Å². The van der Waals surface area contributed by atoms with Gasteiger partial charge in [-0.05, 0) is 6.92 Å². The van der Waals surface area contributed by atoms with E-state index in [-0.39, 0.29) is 5.95 Å². The van der Waals surface area contributed by atoms with Gasteiger partial charge >= 0.3 is 0 Å². The van der Waals surface area contributed by atoms with Crippen molar-refractivity contribution in [3.63, 3.8) is 0 Å². The molecule has 0 atom stereocenters. The van der Waals surface area contributed by atoms with Crippen LogP contribution in [-0.4, -0.2) is 21.5 Å². The molecule has 0 unspecified atom stereocenters. The van der Waals surface area contributed by atoms with Gasteiger partial charge in [-0.2, -0.15) is 4.98 Å². The summed E-state index contributed by atoms with van der Waals surface area (Å²) in [5.41, 5.74) is 6.55. The van der Waals surface area contributed by atoms with E-state index in [1.165, 1.54) is 6.20 Å². The predicted molar refractivity (Wildman–Crippen MR) is 70.5 cm³/mol. The minimum absolute atomic E-state index is 0.210. The molecule has 0 radical (unpaired) electrons. The van der Waals surface area contributed by atoms with Crippen LogP contribution in [0.25, 0.3) is 0 Å². The first-order valence-electron chi connectivity index (χ1n) is 5.08. The molecule has 90 valence electrons. The number of anilines is 2. The monoisotopic (exact) mass is 269 g/mol. The number of halogens is 1. The molecule has 0 aliphatic carbocycles. The number of aryl methyl sites for hydroxylation is 1. The van der Waals surface area contributed by atoms with Gasteiger partial charge in [0.15, 0.2) is 0 Å². The van der Waals surface area contributed by atoms with Crippen LogP contribution in [0.2, 0.25) is 5.02 Å². The molecule has 2 aromatic rings. The third kappa shape index (κ3) is 3.28. The van der Waals surface area contributed by atoms with Crippen LogP contribution in [0.5, 0.6) is 0 Å². The fourth-order valence-corrected chi connectivity index (χ4v) is 2.14. The molecule has 5 nitrogen and oxygen atoms in total. The SMILES string of the molecule is Cc1nc(CCNc2nc(N)ncc2Cl)cs1. The van der Waals surface area contributed by atoms with Crippen molar-refractivity contribution in [3.8, 4) is 0 Å². The number of rotatable bonds is 4. The molecule has 0 spiro atoms. The highest BCUT2D eigenvalue weighted by Crippen LogP contribution is 2.18. The molecule has 3 N–H and O–H groups in total. The van der Waals surface area contributed by atoms with Crippen molar-refractivity contribution in [2.45, 2.75) is 13.3 Å². The Morgan fingerprint density at radius 2 is 2.29 bits per heavy atom. The summed E-state index contributed by atoms with van der Waals surface area (Å²) in [6, 6.07) is 0. The highest BCUT2D eigenvalue weighted by Gasteiger charge is 2.03. The van der Waals surface area contributed by atoms with Crippen LogP contribution in [0, 0.1) is 6.92 Å². The maximum atomic E-state index is 5.93. The predicted octanol–water partition coefficient (Wildman–Crippen LogP) is 2.13. The summed E-state index contributed by atoms with van der Waals surface area (Å²) in [6.45, 7) is 2.70. The van der Waals surface area contributed by atoms with Crippen molar-refractivity contribution >= 4 is 34.7 Å². The van der Waals surface area contributed by atoms with E-state index in [4.69, 9.17) is 17.3 Å². The molecule has 17 heavy (non-hydrogen) atoms. The minimum atomic E-state index is 0.210. The maximum Gasteiger partial charge on any atom is 0.222 e. The number of hydrogen-bond acceptors (Lipinski definition) is 6. The fourth-order valence-electron chi connectivity index (χ4n) is 1.34. The molecule has 0 aromatic carbocycles. The lowest BCUT2D eigenvalue weighted by molar-refractivity contribution is 0.958. The van der Waals surface area contributed by atoms with Crippen LogP contribution in [-0.2, 0) is 6.42 Å². The third-order valence-electron chi connectivity index (χ3n) is 2.10. The second-order valence-electron chi connectivity index (χ2n) is 3.46. The molecule has 0 amide bonds. The zero-order valence-electron chi connectivity index (χ0n) is 9.27. The van der Waals surface area contributed by atoms with Gasteiger partial charge < -0.3 is 11.1 Å². The second kappa shape index (κ2) is 5.29. The van der Waals surface area contributed by atoms with E-state index in [0.29, 0.717) is 17.4 Å². The van der Waals surface area contributed by atoms with Gasteiger partial charge in [0.05, 0.1) is 16.9 Å². The number of hydrogen-bond donors (Lipinski definition) is 2. The molecular formula is C10H12ClN5S. The van der Waals surface area contributed by atoms with Crippen molar-refractivity contribution in [3.05, 3.63) is 27.3 Å². The number of nitrogens with two attached hydrogens (primary N) is 1. The molecule has 0 aliphatic heterocycles. The fraction of sp³-hybridized carbons (Fsp3) is 0.300. The molecular weight excluding hydrogens is 258 g/mol. The van der Waals surface area contributed by atoms with E-state index in [0.717, 1.165) is 17.1 Å². The second-order valence-corrected chi connectivity index (χ2v) is 4.93. The Morgan fingerprint density at radius 1 is 1.47 bits per heavy atom. The van der Waals surface area contributed by atoms with Crippen molar-refractivity contribution in [1.29, 1.82) is 0 Å². The summed E-state index contributed by atoms with van der Waals surface area (Å²) in [7, 11) is 0. The summed E-state index contributed by atoms with van der Waals surface area (Å²) in [5.74, 6) is 0.771. The minimum Gasteiger partial charge on any atom is -0.368 e. The average Bonchev–Trinajstić information content (AvgIpc) is 2.69. The Balaban J connectivity index is 1.91. The van der Waals surface area contributed by atoms with E-state index < -0.39 is 0 Å². The zero-order chi connectivity index (χ0) is 12.3. The lowest BCUT2D eigenvalue weighted by Gasteiger charge is -2.06. The van der Waals surface area contributed by atoms with Crippen molar-refractivity contribution < 1.29 is 0 Å². The summed E-state index contributed by atoms with van der Waals surface area (Å²) in [5, 5.41) is 6.70. The number of nitrogens with zero attached hydrogens (tertiary/aromatic N) is 3. The topological polar surface area (TPSA) is 76.7 Å². The van der Waals surface area contributed by atoms with Gasteiger partial charge in [0.25, 0.3) is 0 Å². The Labute approximate surface area is 108 Å². The molecule has 0 saturated heterocycles. The lowest BCUT2D eigenvalue weighted by Crippen LogP contribution is -2.08. The van der Waals surface area contributed by atoms with Crippen molar-refractivity contribution in [1.82, 2.24) is 15.0 Å². The molecule has 2 heterocycles. The van der Waals surface area contributed by atoms with E-state index >= 15 is 0 Å². The molecule has 7 heteroatoms. The highest BCUT2D eigenvalue weighted by molar-refractivity contribution is 7.09. The summed E-state index contributed by atoms with van der Waals surface area (Å²) in [6.07, 6.45) is 2.31. The van der Waals surface area contributed by atoms with Crippen LogP contribution in [0.15, 0.2) is 11.6 Å². The van der Waals surface area contributed by atoms with E-state index in [9.17, 15) is 0 Å². The Hall–Kier alpha value is -1.40. The average molecular weight is 270 g/mol. The van der Waals surface area contributed by atoms with E-state index in [1.54, 1.807) is 11.3 Å². The number of thiazole rings is 1. The van der Waals surface area contributed by atoms with Gasteiger partial charge in [-0.1, -0.05) is 11.6 Å². The van der Waals surface area contributed by atoms with Gasteiger partial charge in [-0.15, -0.1) is 11.3 Å². The van der Waals surface area contributed by atoms with Crippen LogP contribution >= 0.6 is 22.9 Å². The summed E-state index contributed by atoms with van der Waals surface area (Å²) in [4.78, 5) is 12.2. The molecule has 0 aliphatic rings. The van der Waals surface area contributed by atoms with E-state index in [2.05, 4.69) is 20.3 Å². The summed E-state index contributed by atoms with van der Waals surface area (Å²) >= 11 is 7.57. The van der Waals surface area contributed by atoms with Gasteiger partial charge in [0, 0.05) is 18.3 Å². The van der Waals surface area contributed by atoms with Gasteiger partial charge in [-0.25, -0.2) is 9.97 Å². The Bertz CT molecular complexity index is 513. The number of aromatic nitrogens is 3. The van der Waals surface area contributed by atoms with Crippen LogP contribution < -0.4 is 11.1 Å². The molecule has 0 fully saturated rings. The first kappa shape index (κ1) is 12.1. The molecule has 0 bridgehead atoms. The van der Waals surface area contributed by atoms with Crippen LogP contribution in [0.1, 0.15) is 10.7 Å².